The smallest absolute Gasteiger partial charge is 0.266 e. The molecule has 130 valence electrons. The number of rotatable bonds is 4. The summed E-state index contributed by atoms with van der Waals surface area (Å²) in [6, 6.07) is 9.87. The normalized spacial score (nSPS) is 20.1. The van der Waals surface area contributed by atoms with Crippen molar-refractivity contribution < 1.29 is 9.59 Å². The van der Waals surface area contributed by atoms with E-state index in [1.807, 2.05) is 47.4 Å². The number of allylic oxidation sites excluding steroid dienone is 2. The average Bonchev–Trinajstić information content (AvgIpc) is 2.91. The standard InChI is InChI=1S/C19H20N2O2S2/c22-17(20-12-5-2-6-13-20)14-21-18(23)16(25-19(21)24)11-7-10-15-8-3-1-4-9-15/h1,3-4,7-11H,2,5-6,12-14H2. The Kier molecular flexibility index (Phi) is 6.04. The van der Waals surface area contributed by atoms with Crippen LogP contribution in [0.25, 0.3) is 6.08 Å². The lowest BCUT2D eigenvalue weighted by atomic mass is 10.1. The largest absolute Gasteiger partial charge is 0.341 e. The van der Waals surface area contributed by atoms with Crippen LogP contribution in [-0.4, -0.2) is 45.6 Å². The van der Waals surface area contributed by atoms with Crippen molar-refractivity contribution in [2.45, 2.75) is 19.3 Å². The van der Waals surface area contributed by atoms with Gasteiger partial charge in [0.15, 0.2) is 0 Å². The molecule has 1 aromatic rings. The Labute approximate surface area is 157 Å². The monoisotopic (exact) mass is 372 g/mol. The molecule has 0 unspecified atom stereocenters. The molecule has 1 aromatic carbocycles. The van der Waals surface area contributed by atoms with Crippen molar-refractivity contribution in [3.63, 3.8) is 0 Å². The van der Waals surface area contributed by atoms with Crippen molar-refractivity contribution in [3.05, 3.63) is 53.0 Å². The molecule has 0 N–H and O–H groups in total. The average molecular weight is 373 g/mol. The van der Waals surface area contributed by atoms with Crippen LogP contribution < -0.4 is 0 Å². The summed E-state index contributed by atoms with van der Waals surface area (Å²) in [5, 5.41) is 0. The van der Waals surface area contributed by atoms with Crippen molar-refractivity contribution in [2.75, 3.05) is 19.6 Å². The number of carbonyl (C=O) groups is 2. The van der Waals surface area contributed by atoms with Gasteiger partial charge in [-0.25, -0.2) is 0 Å². The molecule has 2 fully saturated rings. The molecule has 25 heavy (non-hydrogen) atoms. The fourth-order valence-electron chi connectivity index (χ4n) is 2.84. The van der Waals surface area contributed by atoms with Gasteiger partial charge in [0.25, 0.3) is 5.91 Å². The molecular weight excluding hydrogens is 352 g/mol. The number of likely N-dealkylation sites (tertiary alicyclic amines) is 1. The Hall–Kier alpha value is -1.92. The second-order valence-electron chi connectivity index (χ2n) is 6.00. The van der Waals surface area contributed by atoms with E-state index >= 15 is 0 Å². The summed E-state index contributed by atoms with van der Waals surface area (Å²) in [6.07, 6.45) is 8.78. The molecule has 6 heteroatoms. The number of benzene rings is 1. The molecule has 0 radical (unpaired) electrons. The molecule has 0 aliphatic carbocycles. The van der Waals surface area contributed by atoms with Gasteiger partial charge in [-0.3, -0.25) is 14.5 Å². The molecule has 2 amide bonds. The van der Waals surface area contributed by atoms with Gasteiger partial charge in [0.1, 0.15) is 10.9 Å². The SMILES string of the molecule is O=C(CN1C(=O)C(=CC=Cc2ccccc2)SC1=S)N1CCCCC1. The van der Waals surface area contributed by atoms with Gasteiger partial charge in [-0.05, 0) is 30.9 Å². The van der Waals surface area contributed by atoms with Gasteiger partial charge in [0.05, 0.1) is 4.91 Å². The first-order chi connectivity index (χ1) is 12.1. The Morgan fingerprint density at radius 3 is 2.60 bits per heavy atom. The zero-order valence-corrected chi connectivity index (χ0v) is 15.5. The summed E-state index contributed by atoms with van der Waals surface area (Å²) in [5.74, 6) is -0.199. The van der Waals surface area contributed by atoms with Gasteiger partial charge < -0.3 is 4.90 Å². The number of thiocarbonyl (C=S) groups is 1. The predicted molar refractivity (Wildman–Crippen MR) is 106 cm³/mol. The molecule has 3 rings (SSSR count). The van der Waals surface area contributed by atoms with Crippen molar-refractivity contribution >= 4 is 46.2 Å². The fourth-order valence-corrected chi connectivity index (χ4v) is 4.05. The van der Waals surface area contributed by atoms with Crippen molar-refractivity contribution in [3.8, 4) is 0 Å². The maximum Gasteiger partial charge on any atom is 0.266 e. The molecule has 2 aliphatic heterocycles. The highest BCUT2D eigenvalue weighted by Crippen LogP contribution is 2.31. The molecule has 0 saturated carbocycles. The number of amides is 2. The molecular formula is C19H20N2O2S2. The molecule has 0 bridgehead atoms. The predicted octanol–water partition coefficient (Wildman–Crippen LogP) is 3.46. The van der Waals surface area contributed by atoms with Crippen LogP contribution in [0.3, 0.4) is 0 Å². The quantitative estimate of drug-likeness (QED) is 0.600. The highest BCUT2D eigenvalue weighted by molar-refractivity contribution is 8.26. The zero-order valence-electron chi connectivity index (χ0n) is 13.9. The van der Waals surface area contributed by atoms with E-state index in [0.29, 0.717) is 9.23 Å². The van der Waals surface area contributed by atoms with E-state index in [0.717, 1.165) is 31.5 Å². The topological polar surface area (TPSA) is 40.6 Å². The fraction of sp³-hybridized carbons (Fsp3) is 0.316. The minimum Gasteiger partial charge on any atom is -0.341 e. The summed E-state index contributed by atoms with van der Waals surface area (Å²) in [7, 11) is 0. The molecule has 0 atom stereocenters. The summed E-state index contributed by atoms with van der Waals surface area (Å²) in [5.41, 5.74) is 1.06. The molecule has 2 aliphatic rings. The Balaban J connectivity index is 1.62. The minimum absolute atomic E-state index is 0.0166. The second-order valence-corrected chi connectivity index (χ2v) is 7.68. The third-order valence-electron chi connectivity index (χ3n) is 4.21. The molecule has 2 saturated heterocycles. The summed E-state index contributed by atoms with van der Waals surface area (Å²) >= 11 is 6.54. The Bertz CT molecular complexity index is 722. The Morgan fingerprint density at radius 2 is 1.88 bits per heavy atom. The molecule has 2 heterocycles. The van der Waals surface area contributed by atoms with Gasteiger partial charge in [0.2, 0.25) is 5.91 Å². The third kappa shape index (κ3) is 4.58. The minimum atomic E-state index is -0.182. The van der Waals surface area contributed by atoms with Gasteiger partial charge in [-0.2, -0.15) is 0 Å². The number of piperidine rings is 1. The lowest BCUT2D eigenvalue weighted by Gasteiger charge is -2.28. The lowest BCUT2D eigenvalue weighted by molar-refractivity contribution is -0.136. The number of carbonyl (C=O) groups excluding carboxylic acids is 2. The van der Waals surface area contributed by atoms with Crippen LogP contribution in [0.4, 0.5) is 0 Å². The van der Waals surface area contributed by atoms with E-state index in [2.05, 4.69) is 0 Å². The van der Waals surface area contributed by atoms with E-state index in [4.69, 9.17) is 12.2 Å². The van der Waals surface area contributed by atoms with E-state index < -0.39 is 0 Å². The summed E-state index contributed by atoms with van der Waals surface area (Å²) in [4.78, 5) is 28.7. The maximum absolute atomic E-state index is 12.5. The summed E-state index contributed by atoms with van der Waals surface area (Å²) in [6.45, 7) is 1.61. The first kappa shape index (κ1) is 17.9. The molecule has 0 spiro atoms. The number of hydrogen-bond donors (Lipinski definition) is 0. The van der Waals surface area contributed by atoms with E-state index in [9.17, 15) is 9.59 Å². The second kappa shape index (κ2) is 8.45. The number of hydrogen-bond acceptors (Lipinski definition) is 4. The highest BCUT2D eigenvalue weighted by Gasteiger charge is 2.34. The van der Waals surface area contributed by atoms with Crippen LogP contribution in [0.2, 0.25) is 0 Å². The van der Waals surface area contributed by atoms with Crippen molar-refractivity contribution in [1.29, 1.82) is 0 Å². The van der Waals surface area contributed by atoms with Crippen LogP contribution in [0.15, 0.2) is 47.4 Å². The Morgan fingerprint density at radius 1 is 1.16 bits per heavy atom. The van der Waals surface area contributed by atoms with Crippen LogP contribution >= 0.6 is 24.0 Å². The van der Waals surface area contributed by atoms with Gasteiger partial charge >= 0.3 is 0 Å². The van der Waals surface area contributed by atoms with Crippen LogP contribution in [0.5, 0.6) is 0 Å². The third-order valence-corrected chi connectivity index (χ3v) is 5.61. The van der Waals surface area contributed by atoms with Crippen molar-refractivity contribution in [1.82, 2.24) is 9.80 Å². The number of thioether (sulfide) groups is 1. The first-order valence-electron chi connectivity index (χ1n) is 8.40. The van der Waals surface area contributed by atoms with Crippen molar-refractivity contribution in [2.24, 2.45) is 0 Å². The molecule has 4 nitrogen and oxygen atoms in total. The zero-order chi connectivity index (χ0) is 17.6. The van der Waals surface area contributed by atoms with E-state index in [1.165, 1.54) is 23.1 Å². The van der Waals surface area contributed by atoms with Gasteiger partial charge in [-0.15, -0.1) is 0 Å². The van der Waals surface area contributed by atoms with Gasteiger partial charge in [-0.1, -0.05) is 66.5 Å². The maximum atomic E-state index is 12.5. The highest BCUT2D eigenvalue weighted by atomic mass is 32.2. The molecule has 0 aromatic heterocycles. The lowest BCUT2D eigenvalue weighted by Crippen LogP contribution is -2.44. The van der Waals surface area contributed by atoms with Crippen LogP contribution in [0.1, 0.15) is 24.8 Å². The summed E-state index contributed by atoms with van der Waals surface area (Å²) < 4.78 is 0.453. The van der Waals surface area contributed by atoms with Crippen LogP contribution in [0, 0.1) is 0 Å². The van der Waals surface area contributed by atoms with Crippen LogP contribution in [-0.2, 0) is 9.59 Å². The van der Waals surface area contributed by atoms with Gasteiger partial charge in [0, 0.05) is 13.1 Å². The number of nitrogens with zero attached hydrogens (tertiary/aromatic N) is 2. The first-order valence-corrected chi connectivity index (χ1v) is 9.62. The van der Waals surface area contributed by atoms with E-state index in [1.54, 1.807) is 6.08 Å². The van der Waals surface area contributed by atoms with E-state index in [-0.39, 0.29) is 18.4 Å².